The molecule has 0 spiro atoms. The SMILES string of the molecule is C=CSN1CCC(C(=O)N2CCc3ccc(Oc4ccc(C(F)(F)F)c(F)c4)cc3C2)CC1. The molecule has 0 unspecified atom stereocenters. The molecule has 2 aliphatic heterocycles. The van der Waals surface area contributed by atoms with Gasteiger partial charge in [-0.1, -0.05) is 24.6 Å². The summed E-state index contributed by atoms with van der Waals surface area (Å²) in [6.45, 7) is 6.52. The molecule has 1 saturated heterocycles. The Morgan fingerprint density at radius 3 is 2.42 bits per heavy atom. The van der Waals surface area contributed by atoms with Gasteiger partial charge in [0.05, 0.1) is 5.56 Å². The summed E-state index contributed by atoms with van der Waals surface area (Å²) in [5, 5.41) is 1.79. The van der Waals surface area contributed by atoms with Crippen LogP contribution in [0.2, 0.25) is 0 Å². The summed E-state index contributed by atoms with van der Waals surface area (Å²) < 4.78 is 60.0. The third kappa shape index (κ3) is 5.52. The topological polar surface area (TPSA) is 32.8 Å². The fraction of sp³-hybridized carbons (Fsp3) is 0.375. The number of amides is 1. The molecule has 0 saturated carbocycles. The Balaban J connectivity index is 1.42. The molecule has 0 bridgehead atoms. The number of hydrogen-bond donors (Lipinski definition) is 0. The average molecular weight is 481 g/mol. The first kappa shape index (κ1) is 23.6. The summed E-state index contributed by atoms with van der Waals surface area (Å²) in [4.78, 5) is 14.9. The van der Waals surface area contributed by atoms with E-state index in [1.165, 1.54) is 0 Å². The maximum Gasteiger partial charge on any atom is 0.419 e. The van der Waals surface area contributed by atoms with Crippen molar-refractivity contribution >= 4 is 17.9 Å². The molecular formula is C24H24F4N2O2S. The molecule has 33 heavy (non-hydrogen) atoms. The van der Waals surface area contributed by atoms with E-state index in [0.29, 0.717) is 24.9 Å². The molecule has 4 nitrogen and oxygen atoms in total. The van der Waals surface area contributed by atoms with E-state index in [1.807, 2.05) is 11.0 Å². The molecule has 2 aliphatic rings. The number of nitrogens with zero attached hydrogens (tertiary/aromatic N) is 2. The molecule has 0 atom stereocenters. The predicted octanol–water partition coefficient (Wildman–Crippen LogP) is 6.03. The third-order valence-electron chi connectivity index (χ3n) is 6.01. The third-order valence-corrected chi connectivity index (χ3v) is 6.82. The minimum absolute atomic E-state index is 0.00257. The van der Waals surface area contributed by atoms with Gasteiger partial charge in [-0.05, 0) is 60.1 Å². The zero-order valence-corrected chi connectivity index (χ0v) is 18.7. The van der Waals surface area contributed by atoms with E-state index in [1.54, 1.807) is 29.5 Å². The number of piperidine rings is 1. The lowest BCUT2D eigenvalue weighted by Gasteiger charge is -2.35. The summed E-state index contributed by atoms with van der Waals surface area (Å²) in [5.41, 5.74) is 0.699. The number of ether oxygens (including phenoxy) is 1. The highest BCUT2D eigenvalue weighted by molar-refractivity contribution is 7.99. The molecule has 4 rings (SSSR count). The van der Waals surface area contributed by atoms with Crippen LogP contribution in [0.4, 0.5) is 17.6 Å². The number of fused-ring (bicyclic) bond motifs is 1. The van der Waals surface area contributed by atoms with Gasteiger partial charge < -0.3 is 9.64 Å². The van der Waals surface area contributed by atoms with Gasteiger partial charge in [-0.2, -0.15) is 13.2 Å². The summed E-state index contributed by atoms with van der Waals surface area (Å²) in [6.07, 6.45) is -2.41. The minimum Gasteiger partial charge on any atom is -0.457 e. The highest BCUT2D eigenvalue weighted by atomic mass is 32.2. The van der Waals surface area contributed by atoms with Crippen LogP contribution in [-0.2, 0) is 23.9 Å². The number of halogens is 4. The first-order valence-corrected chi connectivity index (χ1v) is 11.6. The Bertz CT molecular complexity index is 1040. The van der Waals surface area contributed by atoms with E-state index in [2.05, 4.69) is 10.9 Å². The van der Waals surface area contributed by atoms with E-state index in [-0.39, 0.29) is 17.6 Å². The van der Waals surface area contributed by atoms with E-state index in [4.69, 9.17) is 4.74 Å². The van der Waals surface area contributed by atoms with Gasteiger partial charge in [-0.3, -0.25) is 4.79 Å². The highest BCUT2D eigenvalue weighted by Gasteiger charge is 2.34. The van der Waals surface area contributed by atoms with Gasteiger partial charge in [0.2, 0.25) is 5.91 Å². The molecule has 0 aromatic heterocycles. The molecule has 0 radical (unpaired) electrons. The summed E-state index contributed by atoms with van der Waals surface area (Å²) in [6, 6.07) is 7.86. The first-order chi connectivity index (χ1) is 15.7. The minimum atomic E-state index is -4.76. The lowest BCUT2D eigenvalue weighted by Crippen LogP contribution is -2.43. The molecule has 2 heterocycles. The van der Waals surface area contributed by atoms with Crippen molar-refractivity contribution in [2.75, 3.05) is 19.6 Å². The van der Waals surface area contributed by atoms with Crippen LogP contribution in [0.25, 0.3) is 0 Å². The number of alkyl halides is 3. The summed E-state index contributed by atoms with van der Waals surface area (Å²) in [5.74, 6) is -0.861. The monoisotopic (exact) mass is 480 g/mol. The summed E-state index contributed by atoms with van der Waals surface area (Å²) >= 11 is 1.58. The van der Waals surface area contributed by atoms with Gasteiger partial charge in [0.25, 0.3) is 0 Å². The zero-order valence-electron chi connectivity index (χ0n) is 17.9. The van der Waals surface area contributed by atoms with E-state index >= 15 is 0 Å². The van der Waals surface area contributed by atoms with Crippen molar-refractivity contribution in [1.29, 1.82) is 0 Å². The van der Waals surface area contributed by atoms with Crippen LogP contribution in [-0.4, -0.2) is 34.7 Å². The molecule has 176 valence electrons. The van der Waals surface area contributed by atoms with Gasteiger partial charge in [0.1, 0.15) is 17.3 Å². The van der Waals surface area contributed by atoms with Gasteiger partial charge in [-0.25, -0.2) is 8.70 Å². The molecule has 0 N–H and O–H groups in total. The largest absolute Gasteiger partial charge is 0.457 e. The van der Waals surface area contributed by atoms with E-state index < -0.39 is 17.6 Å². The standard InChI is InChI=1S/C24H24F4N2O2S/c1-2-33-30-11-8-17(9-12-30)23(31)29-10-7-16-3-4-19(13-18(16)15-29)32-20-5-6-21(22(25)14-20)24(26,27)28/h2-6,13-14,17H,1,7-12,15H2. The molecule has 0 aliphatic carbocycles. The lowest BCUT2D eigenvalue weighted by atomic mass is 9.93. The Kier molecular flexibility index (Phi) is 6.99. The van der Waals surface area contributed by atoms with Crippen LogP contribution in [0, 0.1) is 11.7 Å². The molecule has 1 fully saturated rings. The van der Waals surface area contributed by atoms with Crippen LogP contribution < -0.4 is 4.74 Å². The van der Waals surface area contributed by atoms with Gasteiger partial charge in [0, 0.05) is 38.2 Å². The normalized spacial score (nSPS) is 17.5. The molecule has 2 aromatic rings. The smallest absolute Gasteiger partial charge is 0.419 e. The van der Waals surface area contributed by atoms with Crippen molar-refractivity contribution in [2.45, 2.75) is 32.0 Å². The highest BCUT2D eigenvalue weighted by Crippen LogP contribution is 2.35. The van der Waals surface area contributed by atoms with Crippen LogP contribution in [0.15, 0.2) is 48.4 Å². The Morgan fingerprint density at radius 2 is 1.76 bits per heavy atom. The van der Waals surface area contributed by atoms with Crippen LogP contribution in [0.3, 0.4) is 0 Å². The number of benzene rings is 2. The molecule has 2 aromatic carbocycles. The van der Waals surface area contributed by atoms with Crippen molar-refractivity contribution in [1.82, 2.24) is 9.21 Å². The Morgan fingerprint density at radius 1 is 1.06 bits per heavy atom. The predicted molar refractivity (Wildman–Crippen MR) is 119 cm³/mol. The number of carbonyl (C=O) groups excluding carboxylic acids is 1. The fourth-order valence-electron chi connectivity index (χ4n) is 4.28. The van der Waals surface area contributed by atoms with Gasteiger partial charge >= 0.3 is 6.18 Å². The van der Waals surface area contributed by atoms with Gasteiger partial charge in [-0.15, -0.1) is 0 Å². The van der Waals surface area contributed by atoms with E-state index in [9.17, 15) is 22.4 Å². The van der Waals surface area contributed by atoms with Crippen LogP contribution in [0.5, 0.6) is 11.5 Å². The first-order valence-electron chi connectivity index (χ1n) is 10.7. The van der Waals surface area contributed by atoms with Crippen LogP contribution in [0.1, 0.15) is 29.5 Å². The second kappa shape index (κ2) is 9.77. The number of hydrogen-bond acceptors (Lipinski definition) is 4. The zero-order chi connectivity index (χ0) is 23.6. The maximum absolute atomic E-state index is 13.9. The maximum atomic E-state index is 13.9. The molecule has 9 heteroatoms. The van der Waals surface area contributed by atoms with Crippen LogP contribution >= 0.6 is 11.9 Å². The van der Waals surface area contributed by atoms with E-state index in [0.717, 1.165) is 55.6 Å². The Labute approximate surface area is 194 Å². The molecule has 1 amide bonds. The second-order valence-corrected chi connectivity index (χ2v) is 9.22. The van der Waals surface area contributed by atoms with Crippen molar-refractivity contribution < 1.29 is 27.1 Å². The average Bonchev–Trinajstić information content (AvgIpc) is 2.78. The quantitative estimate of drug-likeness (QED) is 0.387. The van der Waals surface area contributed by atoms with Crippen molar-refractivity contribution in [3.8, 4) is 11.5 Å². The fourth-order valence-corrected chi connectivity index (χ4v) is 4.91. The second-order valence-electron chi connectivity index (χ2n) is 8.16. The Hall–Kier alpha value is -2.52. The molecular weight excluding hydrogens is 456 g/mol. The summed E-state index contributed by atoms with van der Waals surface area (Å²) in [7, 11) is 0. The van der Waals surface area contributed by atoms with Crippen molar-refractivity contribution in [2.24, 2.45) is 5.92 Å². The van der Waals surface area contributed by atoms with Crippen molar-refractivity contribution in [3.05, 3.63) is 70.9 Å². The number of rotatable bonds is 5. The number of carbonyl (C=O) groups is 1. The lowest BCUT2D eigenvalue weighted by molar-refractivity contribution is -0.140. The van der Waals surface area contributed by atoms with Crippen molar-refractivity contribution in [3.63, 3.8) is 0 Å². The van der Waals surface area contributed by atoms with Gasteiger partial charge in [0.15, 0.2) is 0 Å².